The van der Waals surface area contributed by atoms with Crippen molar-refractivity contribution in [3.8, 4) is 5.69 Å². The molecule has 222 valence electrons. The number of amides is 2. The lowest BCUT2D eigenvalue weighted by Gasteiger charge is -2.34. The molecule has 5 rings (SSSR count). The number of aliphatic hydroxyl groups is 1. The lowest BCUT2D eigenvalue weighted by molar-refractivity contribution is -0.143. The molecule has 2 aromatic carbocycles. The highest BCUT2D eigenvalue weighted by atomic mass is 19.4. The number of carbonyl (C=O) groups excluding carboxylic acids is 2. The minimum Gasteiger partial charge on any atom is -0.395 e. The Morgan fingerprint density at radius 1 is 0.952 bits per heavy atom. The zero-order valence-electron chi connectivity index (χ0n) is 22.4. The van der Waals surface area contributed by atoms with Gasteiger partial charge in [0, 0.05) is 62.9 Å². The highest BCUT2D eigenvalue weighted by Crippen LogP contribution is 2.44. The molecule has 0 radical (unpaired) electrons. The normalized spacial score (nSPS) is 18.6. The number of piperazine rings is 1. The van der Waals surface area contributed by atoms with Gasteiger partial charge < -0.3 is 14.9 Å². The Kier molecular flexibility index (Phi) is 8.15. The second-order valence-electron chi connectivity index (χ2n) is 10.0. The predicted molar refractivity (Wildman–Crippen MR) is 144 cm³/mol. The van der Waals surface area contributed by atoms with E-state index >= 15 is 8.78 Å². The number of para-hydroxylation sites is 2. The number of nitrogens with zero attached hydrogens (tertiary/aromatic N) is 5. The van der Waals surface area contributed by atoms with Gasteiger partial charge >= 0.3 is 6.18 Å². The van der Waals surface area contributed by atoms with Crippen LogP contribution < -0.4 is 4.90 Å². The maximum absolute atomic E-state index is 15.6. The van der Waals surface area contributed by atoms with Crippen LogP contribution in [-0.4, -0.2) is 88.3 Å². The minimum absolute atomic E-state index is 0.0340. The molecule has 0 aliphatic carbocycles. The van der Waals surface area contributed by atoms with Crippen LogP contribution in [0.4, 0.5) is 27.6 Å². The number of benzene rings is 2. The molecule has 1 N–H and O–H groups in total. The summed E-state index contributed by atoms with van der Waals surface area (Å²) >= 11 is 0. The monoisotopic (exact) mass is 589 g/mol. The van der Waals surface area contributed by atoms with Crippen LogP contribution in [0.15, 0.2) is 66.9 Å². The third kappa shape index (κ3) is 5.79. The number of alkyl halides is 5. The highest BCUT2D eigenvalue weighted by molar-refractivity contribution is 6.09. The maximum atomic E-state index is 15.6. The van der Waals surface area contributed by atoms with Crippen molar-refractivity contribution in [3.05, 3.63) is 83.7 Å². The van der Waals surface area contributed by atoms with E-state index in [9.17, 15) is 22.8 Å². The smallest absolute Gasteiger partial charge is 0.395 e. The molecular weight excluding hydrogens is 561 g/mol. The Morgan fingerprint density at radius 3 is 2.29 bits per heavy atom. The van der Waals surface area contributed by atoms with Crippen LogP contribution >= 0.6 is 0 Å². The molecule has 13 heteroatoms. The molecule has 0 spiro atoms. The van der Waals surface area contributed by atoms with E-state index in [1.54, 1.807) is 6.07 Å². The van der Waals surface area contributed by atoms with Gasteiger partial charge in [-0.25, -0.2) is 13.5 Å². The summed E-state index contributed by atoms with van der Waals surface area (Å²) in [6, 6.07) is 13.1. The van der Waals surface area contributed by atoms with E-state index in [0.717, 1.165) is 17.2 Å². The number of aromatic nitrogens is 2. The van der Waals surface area contributed by atoms with Gasteiger partial charge in [0.2, 0.25) is 5.91 Å². The molecule has 2 amide bonds. The second-order valence-corrected chi connectivity index (χ2v) is 10.0. The molecule has 3 heterocycles. The summed E-state index contributed by atoms with van der Waals surface area (Å²) in [5.74, 6) is -5.33. The minimum atomic E-state index is -4.98. The predicted octanol–water partition coefficient (Wildman–Crippen LogP) is 4.10. The van der Waals surface area contributed by atoms with E-state index in [4.69, 9.17) is 5.11 Å². The summed E-state index contributed by atoms with van der Waals surface area (Å²) in [5.41, 5.74) is -2.79. The molecule has 2 aliphatic heterocycles. The van der Waals surface area contributed by atoms with Crippen molar-refractivity contribution in [3.63, 3.8) is 0 Å². The van der Waals surface area contributed by atoms with Crippen molar-refractivity contribution >= 4 is 23.1 Å². The zero-order valence-corrected chi connectivity index (χ0v) is 22.4. The molecule has 0 saturated carbocycles. The van der Waals surface area contributed by atoms with Crippen LogP contribution in [0.3, 0.4) is 0 Å². The van der Waals surface area contributed by atoms with E-state index in [1.807, 2.05) is 4.90 Å². The molecule has 1 aromatic heterocycles. The van der Waals surface area contributed by atoms with Crippen molar-refractivity contribution in [1.82, 2.24) is 19.6 Å². The molecule has 0 unspecified atom stereocenters. The SMILES string of the molecule is O=C(/C=C1/c2ccccc2N(C(=O)c2cnn(-c3ccccc3)c2C(F)(F)F)CCC1(F)F)N1CCN(CCO)CC1. The average Bonchev–Trinajstić information content (AvgIpc) is 3.39. The van der Waals surface area contributed by atoms with Crippen LogP contribution in [0.2, 0.25) is 0 Å². The summed E-state index contributed by atoms with van der Waals surface area (Å²) in [5, 5.41) is 12.9. The number of halogens is 5. The van der Waals surface area contributed by atoms with E-state index in [2.05, 4.69) is 5.10 Å². The van der Waals surface area contributed by atoms with Gasteiger partial charge in [0.05, 0.1) is 29.7 Å². The molecule has 0 bridgehead atoms. The fourth-order valence-electron chi connectivity index (χ4n) is 5.27. The van der Waals surface area contributed by atoms with Crippen molar-refractivity contribution in [2.45, 2.75) is 18.5 Å². The summed E-state index contributed by atoms with van der Waals surface area (Å²) in [6.45, 7) is 1.33. The van der Waals surface area contributed by atoms with E-state index in [1.165, 1.54) is 53.4 Å². The van der Waals surface area contributed by atoms with Gasteiger partial charge in [-0.3, -0.25) is 14.5 Å². The van der Waals surface area contributed by atoms with E-state index in [0.29, 0.717) is 24.3 Å². The number of hydrogen-bond acceptors (Lipinski definition) is 5. The first-order valence-corrected chi connectivity index (χ1v) is 13.4. The number of aliphatic hydroxyl groups excluding tert-OH is 1. The Balaban J connectivity index is 1.52. The average molecular weight is 590 g/mol. The topological polar surface area (TPSA) is 81.9 Å². The zero-order chi connectivity index (χ0) is 30.1. The number of allylic oxidation sites excluding steroid dienone is 1. The molecule has 3 aromatic rings. The fraction of sp³-hybridized carbons (Fsp3) is 0.345. The Hall–Kier alpha value is -4.10. The first-order chi connectivity index (χ1) is 20.0. The first kappa shape index (κ1) is 29.4. The number of rotatable bonds is 5. The van der Waals surface area contributed by atoms with E-state index in [-0.39, 0.29) is 36.6 Å². The summed E-state index contributed by atoms with van der Waals surface area (Å²) in [4.78, 5) is 31.1. The van der Waals surface area contributed by atoms with Gasteiger partial charge in [-0.05, 0) is 18.2 Å². The standard InChI is InChI=1S/C29H28F5N5O3/c30-28(31)10-11-38(27(42)22-19-35-39(26(22)29(32,33)34)20-6-2-1-3-7-20)24-9-5-4-8-21(24)23(28)18-25(41)37-14-12-36(13-15-37)16-17-40/h1-9,18-19,40H,10-17H2/b23-18-. The van der Waals surface area contributed by atoms with Crippen molar-refractivity contribution in [2.24, 2.45) is 0 Å². The lowest BCUT2D eigenvalue weighted by Crippen LogP contribution is -2.49. The van der Waals surface area contributed by atoms with Gasteiger partial charge in [-0.1, -0.05) is 36.4 Å². The number of hydrogen-bond donors (Lipinski definition) is 1. The number of carbonyl (C=O) groups is 2. The summed E-state index contributed by atoms with van der Waals surface area (Å²) in [7, 11) is 0. The Bertz CT molecular complexity index is 1480. The van der Waals surface area contributed by atoms with Crippen LogP contribution in [0, 0.1) is 0 Å². The molecule has 1 fully saturated rings. The van der Waals surface area contributed by atoms with Crippen molar-refractivity contribution in [2.75, 3.05) is 50.8 Å². The largest absolute Gasteiger partial charge is 0.434 e. The first-order valence-electron chi connectivity index (χ1n) is 13.4. The lowest BCUT2D eigenvalue weighted by atomic mass is 9.96. The van der Waals surface area contributed by atoms with Gasteiger partial charge in [0.15, 0.2) is 5.69 Å². The van der Waals surface area contributed by atoms with E-state index < -0.39 is 53.7 Å². The highest BCUT2D eigenvalue weighted by Gasteiger charge is 2.45. The maximum Gasteiger partial charge on any atom is 0.434 e. The van der Waals surface area contributed by atoms with Crippen molar-refractivity contribution < 1.29 is 36.6 Å². The molecule has 0 atom stereocenters. The third-order valence-corrected chi connectivity index (χ3v) is 7.41. The molecule has 1 saturated heterocycles. The number of fused-ring (bicyclic) bond motifs is 1. The van der Waals surface area contributed by atoms with Crippen LogP contribution in [0.25, 0.3) is 11.3 Å². The van der Waals surface area contributed by atoms with Crippen LogP contribution in [-0.2, 0) is 11.0 Å². The summed E-state index contributed by atoms with van der Waals surface area (Å²) < 4.78 is 74.7. The quantitative estimate of drug-likeness (QED) is 0.358. The van der Waals surface area contributed by atoms with Gasteiger partial charge in [0.1, 0.15) is 0 Å². The van der Waals surface area contributed by atoms with Gasteiger partial charge in [-0.15, -0.1) is 0 Å². The molecular formula is C29H28F5N5O3. The van der Waals surface area contributed by atoms with Gasteiger partial charge in [-0.2, -0.15) is 18.3 Å². The fourth-order valence-corrected chi connectivity index (χ4v) is 5.27. The second kappa shape index (κ2) is 11.6. The molecule has 8 nitrogen and oxygen atoms in total. The van der Waals surface area contributed by atoms with Crippen LogP contribution in [0.5, 0.6) is 0 Å². The van der Waals surface area contributed by atoms with Crippen molar-refractivity contribution in [1.29, 1.82) is 0 Å². The molecule has 42 heavy (non-hydrogen) atoms. The Morgan fingerprint density at radius 2 is 1.62 bits per heavy atom. The van der Waals surface area contributed by atoms with Crippen LogP contribution in [0.1, 0.15) is 28.0 Å². The Labute approximate surface area is 238 Å². The number of β-amino-alcohol motifs (C(OH)–C–C–N with tert-alkyl or cyclic N) is 1. The third-order valence-electron chi connectivity index (χ3n) is 7.41. The van der Waals surface area contributed by atoms with Gasteiger partial charge in [0.25, 0.3) is 11.8 Å². The molecule has 2 aliphatic rings. The number of anilines is 1. The summed E-state index contributed by atoms with van der Waals surface area (Å²) in [6.07, 6.45) is -4.24.